The molecular formula is C27H25O2+. The maximum atomic E-state index is 6.31. The molecule has 29 heavy (non-hydrogen) atoms. The molecule has 0 unspecified atom stereocenters. The third kappa shape index (κ3) is 4.55. The highest BCUT2D eigenvalue weighted by Gasteiger charge is 2.21. The molecule has 0 saturated heterocycles. The minimum Gasteiger partial charge on any atom is -0.493 e. The summed E-state index contributed by atoms with van der Waals surface area (Å²) >= 11 is 0. The second-order valence-electron chi connectivity index (χ2n) is 7.00. The van der Waals surface area contributed by atoms with Crippen LogP contribution >= 0.6 is 0 Å². The Morgan fingerprint density at radius 1 is 0.655 bits per heavy atom. The molecule has 0 spiro atoms. The maximum absolute atomic E-state index is 6.31. The standard InChI is InChI=1S/C27H25O2/c1-2-3-18-28-25-17-11-10-16-24(25)23-19-26(21-12-6-4-7-13-21)29-27(20-23)22-14-8-5-9-15-22/h4-17,19-20H,2-3,18H2,1H3/q+1. The van der Waals surface area contributed by atoms with Gasteiger partial charge in [0.05, 0.1) is 29.9 Å². The fourth-order valence-electron chi connectivity index (χ4n) is 3.30. The average molecular weight is 381 g/mol. The Balaban J connectivity index is 1.84. The first-order chi connectivity index (χ1) is 14.3. The Bertz CT molecular complexity index is 998. The molecule has 0 saturated carbocycles. The molecule has 0 aliphatic heterocycles. The van der Waals surface area contributed by atoms with Crippen molar-refractivity contribution in [3.63, 3.8) is 0 Å². The van der Waals surface area contributed by atoms with E-state index < -0.39 is 0 Å². The smallest absolute Gasteiger partial charge is 0.361 e. The van der Waals surface area contributed by atoms with Crippen molar-refractivity contribution in [1.82, 2.24) is 0 Å². The van der Waals surface area contributed by atoms with Crippen LogP contribution in [-0.2, 0) is 0 Å². The van der Waals surface area contributed by atoms with Crippen LogP contribution in [0.25, 0.3) is 33.8 Å². The van der Waals surface area contributed by atoms with E-state index in [-0.39, 0.29) is 0 Å². The summed E-state index contributed by atoms with van der Waals surface area (Å²) in [5.41, 5.74) is 4.27. The van der Waals surface area contributed by atoms with Crippen molar-refractivity contribution in [2.24, 2.45) is 0 Å². The SMILES string of the molecule is CCCCOc1ccccc1-c1cc(-c2ccccc2)[o+]c(-c2ccccc2)c1. The fraction of sp³-hybridized carbons (Fsp3) is 0.148. The molecule has 4 aromatic rings. The van der Waals surface area contributed by atoms with Gasteiger partial charge in [0, 0.05) is 11.1 Å². The molecule has 4 rings (SSSR count). The monoisotopic (exact) mass is 381 g/mol. The van der Waals surface area contributed by atoms with Gasteiger partial charge in [0.15, 0.2) is 0 Å². The Labute approximate surface area is 172 Å². The summed E-state index contributed by atoms with van der Waals surface area (Å²) in [6, 6.07) is 32.9. The van der Waals surface area contributed by atoms with Crippen molar-refractivity contribution >= 4 is 0 Å². The predicted octanol–water partition coefficient (Wildman–Crippen LogP) is 7.74. The van der Waals surface area contributed by atoms with Gasteiger partial charge in [-0.1, -0.05) is 67.9 Å². The minimum absolute atomic E-state index is 0.724. The van der Waals surface area contributed by atoms with Crippen LogP contribution in [0.1, 0.15) is 19.8 Å². The zero-order chi connectivity index (χ0) is 19.9. The Hall–Kier alpha value is -3.39. The van der Waals surface area contributed by atoms with Gasteiger partial charge in [-0.15, -0.1) is 0 Å². The van der Waals surface area contributed by atoms with Crippen molar-refractivity contribution in [2.45, 2.75) is 19.8 Å². The lowest BCUT2D eigenvalue weighted by atomic mass is 10.0. The van der Waals surface area contributed by atoms with Gasteiger partial charge in [-0.25, -0.2) is 4.42 Å². The van der Waals surface area contributed by atoms with Crippen LogP contribution in [-0.4, -0.2) is 6.61 Å². The van der Waals surface area contributed by atoms with Gasteiger partial charge in [0.25, 0.3) is 0 Å². The maximum Gasteiger partial charge on any atom is 0.361 e. The van der Waals surface area contributed by atoms with Gasteiger partial charge in [-0.2, -0.15) is 0 Å². The summed E-state index contributed by atoms with van der Waals surface area (Å²) in [5.74, 6) is 2.58. The minimum atomic E-state index is 0.724. The lowest BCUT2D eigenvalue weighted by molar-refractivity contribution is 0.310. The fourth-order valence-corrected chi connectivity index (χ4v) is 3.30. The normalized spacial score (nSPS) is 10.7. The molecule has 0 N–H and O–H groups in total. The van der Waals surface area contributed by atoms with E-state index in [4.69, 9.17) is 9.15 Å². The highest BCUT2D eigenvalue weighted by molar-refractivity contribution is 5.77. The van der Waals surface area contributed by atoms with Gasteiger partial charge in [0.1, 0.15) is 5.75 Å². The number of unbranched alkanes of at least 4 members (excludes halogenated alkanes) is 1. The van der Waals surface area contributed by atoms with Crippen LogP contribution < -0.4 is 4.74 Å². The molecule has 0 aliphatic rings. The number of hydrogen-bond acceptors (Lipinski definition) is 1. The Morgan fingerprint density at radius 2 is 1.21 bits per heavy atom. The van der Waals surface area contributed by atoms with Gasteiger partial charge >= 0.3 is 11.5 Å². The van der Waals surface area contributed by atoms with E-state index in [9.17, 15) is 0 Å². The van der Waals surface area contributed by atoms with Crippen LogP contribution in [0, 0.1) is 0 Å². The molecule has 1 aromatic heterocycles. The molecule has 0 amide bonds. The highest BCUT2D eigenvalue weighted by atomic mass is 16.5. The van der Waals surface area contributed by atoms with Crippen LogP contribution in [0.5, 0.6) is 5.75 Å². The third-order valence-electron chi connectivity index (χ3n) is 4.86. The number of hydrogen-bond donors (Lipinski definition) is 0. The number of para-hydroxylation sites is 1. The molecule has 3 aromatic carbocycles. The van der Waals surface area contributed by atoms with Crippen molar-refractivity contribution in [3.8, 4) is 39.5 Å². The number of rotatable bonds is 7. The lowest BCUT2D eigenvalue weighted by Crippen LogP contribution is -1.98. The molecular weight excluding hydrogens is 356 g/mol. The molecule has 0 bridgehead atoms. The van der Waals surface area contributed by atoms with Crippen molar-refractivity contribution in [1.29, 1.82) is 0 Å². The summed E-state index contributed by atoms with van der Waals surface area (Å²) in [6.07, 6.45) is 2.16. The van der Waals surface area contributed by atoms with E-state index in [1.165, 1.54) is 0 Å². The Kier molecular flexibility index (Phi) is 6.01. The molecule has 2 nitrogen and oxygen atoms in total. The molecule has 0 atom stereocenters. The van der Waals surface area contributed by atoms with E-state index >= 15 is 0 Å². The van der Waals surface area contributed by atoms with Gasteiger partial charge in [-0.05, 0) is 36.8 Å². The van der Waals surface area contributed by atoms with Crippen molar-refractivity contribution in [2.75, 3.05) is 6.61 Å². The summed E-state index contributed by atoms with van der Waals surface area (Å²) in [5, 5.41) is 0. The molecule has 1 heterocycles. The highest BCUT2D eigenvalue weighted by Crippen LogP contribution is 2.36. The van der Waals surface area contributed by atoms with E-state index in [2.05, 4.69) is 55.5 Å². The first-order valence-electron chi connectivity index (χ1n) is 10.2. The first-order valence-corrected chi connectivity index (χ1v) is 10.2. The van der Waals surface area contributed by atoms with E-state index in [0.717, 1.165) is 59.0 Å². The second-order valence-corrected chi connectivity index (χ2v) is 7.00. The first kappa shape index (κ1) is 18.9. The van der Waals surface area contributed by atoms with Gasteiger partial charge < -0.3 is 4.74 Å². The lowest BCUT2D eigenvalue weighted by Gasteiger charge is -2.11. The summed E-state index contributed by atoms with van der Waals surface area (Å²) < 4.78 is 12.4. The van der Waals surface area contributed by atoms with Gasteiger partial charge in [0.2, 0.25) is 0 Å². The average Bonchev–Trinajstić information content (AvgIpc) is 2.80. The van der Waals surface area contributed by atoms with Crippen LogP contribution in [0.15, 0.2) is 101 Å². The van der Waals surface area contributed by atoms with Crippen molar-refractivity contribution < 1.29 is 9.15 Å². The predicted molar refractivity (Wildman–Crippen MR) is 120 cm³/mol. The second kappa shape index (κ2) is 9.20. The number of ether oxygens (including phenoxy) is 1. The van der Waals surface area contributed by atoms with Crippen LogP contribution in [0.2, 0.25) is 0 Å². The molecule has 144 valence electrons. The van der Waals surface area contributed by atoms with Gasteiger partial charge in [-0.3, -0.25) is 0 Å². The molecule has 2 heteroatoms. The van der Waals surface area contributed by atoms with E-state index in [1.54, 1.807) is 0 Å². The summed E-state index contributed by atoms with van der Waals surface area (Å²) in [7, 11) is 0. The van der Waals surface area contributed by atoms with Crippen LogP contribution in [0.3, 0.4) is 0 Å². The van der Waals surface area contributed by atoms with E-state index in [1.807, 2.05) is 48.5 Å². The zero-order valence-corrected chi connectivity index (χ0v) is 16.7. The quantitative estimate of drug-likeness (QED) is 0.241. The molecule has 0 radical (unpaired) electrons. The van der Waals surface area contributed by atoms with Crippen molar-refractivity contribution in [3.05, 3.63) is 97.1 Å². The molecule has 0 aliphatic carbocycles. The summed E-state index contributed by atoms with van der Waals surface area (Å²) in [6.45, 7) is 2.90. The topological polar surface area (TPSA) is 20.5 Å². The van der Waals surface area contributed by atoms with E-state index in [0.29, 0.717) is 0 Å². The molecule has 0 fully saturated rings. The largest absolute Gasteiger partial charge is 0.493 e. The van der Waals surface area contributed by atoms with Crippen LogP contribution in [0.4, 0.5) is 0 Å². The Morgan fingerprint density at radius 3 is 1.79 bits per heavy atom. The summed E-state index contributed by atoms with van der Waals surface area (Å²) in [4.78, 5) is 0. The zero-order valence-electron chi connectivity index (χ0n) is 16.7. The third-order valence-corrected chi connectivity index (χ3v) is 4.86. The number of benzene rings is 3.